The molecule has 1 saturated heterocycles. The van der Waals surface area contributed by atoms with E-state index in [0.29, 0.717) is 31.1 Å². The minimum absolute atomic E-state index is 0.0797. The van der Waals surface area contributed by atoms with Gasteiger partial charge in [0.05, 0.1) is 13.2 Å². The van der Waals surface area contributed by atoms with Crippen molar-refractivity contribution in [2.24, 2.45) is 10.1 Å². The number of amides is 1. The van der Waals surface area contributed by atoms with Gasteiger partial charge >= 0.3 is 0 Å². The summed E-state index contributed by atoms with van der Waals surface area (Å²) in [5.41, 5.74) is 13.1. The van der Waals surface area contributed by atoms with E-state index < -0.39 is 5.54 Å². The van der Waals surface area contributed by atoms with Crippen LogP contribution >= 0.6 is 0 Å². The van der Waals surface area contributed by atoms with Crippen LogP contribution in [0.25, 0.3) is 10.4 Å². The normalized spacial score (nSPS) is 19.5. The predicted octanol–water partition coefficient (Wildman–Crippen LogP) is 3.14. The van der Waals surface area contributed by atoms with E-state index in [0.717, 1.165) is 42.6 Å². The number of azide groups is 1. The van der Waals surface area contributed by atoms with Gasteiger partial charge in [0.25, 0.3) is 5.91 Å². The van der Waals surface area contributed by atoms with Crippen LogP contribution in [0.15, 0.2) is 58.6 Å². The number of carbonyl (C=O) groups excluding carboxylic acids is 1. The van der Waals surface area contributed by atoms with Gasteiger partial charge in [0.2, 0.25) is 5.90 Å². The van der Waals surface area contributed by atoms with Gasteiger partial charge in [0.15, 0.2) is 5.54 Å². The van der Waals surface area contributed by atoms with E-state index in [1.54, 1.807) is 0 Å². The van der Waals surface area contributed by atoms with Crippen LogP contribution in [0.3, 0.4) is 0 Å². The first-order valence-corrected chi connectivity index (χ1v) is 11.8. The lowest BCUT2D eigenvalue weighted by atomic mass is 9.89. The molecule has 2 heterocycles. The molecule has 2 N–H and O–H groups in total. The van der Waals surface area contributed by atoms with Crippen molar-refractivity contribution in [2.45, 2.75) is 37.8 Å². The van der Waals surface area contributed by atoms with Crippen molar-refractivity contribution in [2.75, 3.05) is 32.9 Å². The molecule has 10 heteroatoms. The Balaban J connectivity index is 1.60. The molecule has 0 bridgehead atoms. The van der Waals surface area contributed by atoms with Gasteiger partial charge in [-0.2, -0.15) is 0 Å². The lowest BCUT2D eigenvalue weighted by molar-refractivity contribution is -0.131. The quantitative estimate of drug-likeness (QED) is 0.222. The summed E-state index contributed by atoms with van der Waals surface area (Å²) >= 11 is 0. The minimum atomic E-state index is -1.15. The van der Waals surface area contributed by atoms with Crippen LogP contribution in [0.5, 0.6) is 5.75 Å². The number of hydrogen-bond acceptors (Lipinski definition) is 7. The molecule has 2 aliphatic rings. The van der Waals surface area contributed by atoms with Gasteiger partial charge in [-0.3, -0.25) is 10.2 Å². The highest BCUT2D eigenvalue weighted by molar-refractivity contribution is 6.00. The maximum absolute atomic E-state index is 13.6. The molecule has 35 heavy (non-hydrogen) atoms. The molecule has 2 aromatic rings. The van der Waals surface area contributed by atoms with Crippen molar-refractivity contribution in [1.29, 1.82) is 0 Å². The molecule has 2 aliphatic heterocycles. The number of hydrazine groups is 1. The number of aliphatic hydroxyl groups is 1. The number of ether oxygens (including phenoxy) is 2. The smallest absolute Gasteiger partial charge is 0.266 e. The van der Waals surface area contributed by atoms with Gasteiger partial charge in [-0.25, -0.2) is 10.0 Å². The Hall–Kier alpha value is -3.59. The molecule has 1 fully saturated rings. The van der Waals surface area contributed by atoms with Crippen molar-refractivity contribution in [3.05, 3.63) is 75.7 Å². The Morgan fingerprint density at radius 3 is 2.66 bits per heavy atom. The summed E-state index contributed by atoms with van der Waals surface area (Å²) in [6.45, 7) is 2.44. The van der Waals surface area contributed by atoms with Gasteiger partial charge in [-0.05, 0) is 53.8 Å². The summed E-state index contributed by atoms with van der Waals surface area (Å²) in [6.07, 6.45) is 2.96. The number of benzene rings is 2. The molecule has 4 rings (SSSR count). The highest BCUT2D eigenvalue weighted by Gasteiger charge is 2.45. The maximum Gasteiger partial charge on any atom is 0.266 e. The second-order valence-electron chi connectivity index (χ2n) is 8.66. The summed E-state index contributed by atoms with van der Waals surface area (Å²) in [6, 6.07) is 14.9. The fraction of sp³-hybridized carbons (Fsp3) is 0.440. The third-order valence-electron chi connectivity index (χ3n) is 6.13. The van der Waals surface area contributed by atoms with Crippen molar-refractivity contribution in [3.63, 3.8) is 0 Å². The van der Waals surface area contributed by atoms with Crippen LogP contribution in [-0.2, 0) is 22.5 Å². The van der Waals surface area contributed by atoms with E-state index in [-0.39, 0.29) is 25.7 Å². The summed E-state index contributed by atoms with van der Waals surface area (Å²) in [5.74, 6) is 0.874. The molecule has 184 valence electrons. The Bertz CT molecular complexity index is 1090. The van der Waals surface area contributed by atoms with Crippen LogP contribution in [-0.4, -0.2) is 60.4 Å². The van der Waals surface area contributed by atoms with Crippen molar-refractivity contribution >= 4 is 11.8 Å². The number of carbonyl (C=O) groups is 1. The van der Waals surface area contributed by atoms with Gasteiger partial charge < -0.3 is 14.6 Å². The molecule has 10 nitrogen and oxygen atoms in total. The number of aliphatic imine (C=N–C) groups is 1. The molecule has 0 spiro atoms. The van der Waals surface area contributed by atoms with Gasteiger partial charge in [-0.1, -0.05) is 29.4 Å². The standard InChI is InChI=1S/C25H30N6O4/c26-30-27-17-21-7-2-1-6-20(21)16-25(24(33)29-31-12-3-4-13-31)18-35-23(28-25)19-8-10-22(11-9-19)34-15-5-14-32/h1-2,6-11,32H,3-5,12-18H2,(H,29,33)/t25-/m0/s1. The summed E-state index contributed by atoms with van der Waals surface area (Å²) in [4.78, 5) is 21.3. The molecule has 0 saturated carbocycles. The maximum atomic E-state index is 13.6. The zero-order chi connectivity index (χ0) is 24.5. The van der Waals surface area contributed by atoms with E-state index in [2.05, 4.69) is 15.5 Å². The molecule has 1 amide bonds. The fourth-order valence-corrected chi connectivity index (χ4v) is 4.21. The number of nitrogens with zero attached hydrogens (tertiary/aromatic N) is 5. The Labute approximate surface area is 204 Å². The third-order valence-corrected chi connectivity index (χ3v) is 6.13. The second-order valence-corrected chi connectivity index (χ2v) is 8.66. The number of hydrogen-bond donors (Lipinski definition) is 2. The minimum Gasteiger partial charge on any atom is -0.494 e. The summed E-state index contributed by atoms with van der Waals surface area (Å²) in [5, 5.41) is 14.5. The van der Waals surface area contributed by atoms with Crippen molar-refractivity contribution < 1.29 is 19.4 Å². The van der Waals surface area contributed by atoms with E-state index in [1.807, 2.05) is 53.5 Å². The molecule has 0 radical (unpaired) electrons. The molecular formula is C25H30N6O4. The lowest BCUT2D eigenvalue weighted by Gasteiger charge is -2.27. The van der Waals surface area contributed by atoms with Crippen molar-refractivity contribution in [1.82, 2.24) is 10.4 Å². The summed E-state index contributed by atoms with van der Waals surface area (Å²) < 4.78 is 11.6. The highest BCUT2D eigenvalue weighted by Crippen LogP contribution is 2.29. The van der Waals surface area contributed by atoms with E-state index in [4.69, 9.17) is 25.1 Å². The first-order chi connectivity index (χ1) is 17.1. The van der Waals surface area contributed by atoms with Gasteiger partial charge in [-0.15, -0.1) is 0 Å². The molecule has 0 unspecified atom stereocenters. The van der Waals surface area contributed by atoms with Crippen LogP contribution in [0.2, 0.25) is 0 Å². The van der Waals surface area contributed by atoms with E-state index >= 15 is 0 Å². The molecule has 0 aliphatic carbocycles. The number of nitrogens with one attached hydrogen (secondary N) is 1. The largest absolute Gasteiger partial charge is 0.494 e. The fourth-order valence-electron chi connectivity index (χ4n) is 4.21. The van der Waals surface area contributed by atoms with E-state index in [1.165, 1.54) is 0 Å². The topological polar surface area (TPSA) is 132 Å². The zero-order valence-electron chi connectivity index (χ0n) is 19.6. The van der Waals surface area contributed by atoms with Gasteiger partial charge in [0, 0.05) is 43.0 Å². The Kier molecular flexibility index (Phi) is 8.20. The first-order valence-electron chi connectivity index (χ1n) is 11.8. The zero-order valence-corrected chi connectivity index (χ0v) is 19.6. The Morgan fingerprint density at radius 2 is 1.94 bits per heavy atom. The van der Waals surface area contributed by atoms with Crippen LogP contribution in [0.4, 0.5) is 0 Å². The lowest BCUT2D eigenvalue weighted by Crippen LogP contribution is -2.53. The number of aliphatic hydroxyl groups excluding tert-OH is 1. The molecule has 0 aromatic heterocycles. The average molecular weight is 479 g/mol. The Morgan fingerprint density at radius 1 is 1.20 bits per heavy atom. The van der Waals surface area contributed by atoms with E-state index in [9.17, 15) is 4.79 Å². The molecular weight excluding hydrogens is 448 g/mol. The predicted molar refractivity (Wildman–Crippen MR) is 131 cm³/mol. The molecule has 1 atom stereocenters. The van der Waals surface area contributed by atoms with Crippen LogP contribution in [0, 0.1) is 0 Å². The van der Waals surface area contributed by atoms with Crippen LogP contribution < -0.4 is 10.2 Å². The molecule has 2 aromatic carbocycles. The SMILES string of the molecule is [N-]=[N+]=NCc1ccccc1C[C@@]1(C(=O)NN2CCCC2)COC(c2ccc(OCCCO)cc2)=N1. The van der Waals surface area contributed by atoms with Crippen molar-refractivity contribution in [3.8, 4) is 5.75 Å². The van der Waals surface area contributed by atoms with Gasteiger partial charge in [0.1, 0.15) is 12.4 Å². The third kappa shape index (κ3) is 6.10. The highest BCUT2D eigenvalue weighted by atomic mass is 16.5. The first kappa shape index (κ1) is 24.5. The second kappa shape index (κ2) is 11.7. The summed E-state index contributed by atoms with van der Waals surface area (Å²) in [7, 11) is 0. The monoisotopic (exact) mass is 478 g/mol. The number of rotatable bonds is 11. The average Bonchev–Trinajstić information content (AvgIpc) is 3.55. The van der Waals surface area contributed by atoms with Crippen LogP contribution in [0.1, 0.15) is 36.0 Å².